The van der Waals surface area contributed by atoms with Crippen molar-refractivity contribution in [3.05, 3.63) is 36.9 Å². The van der Waals surface area contributed by atoms with E-state index in [1.165, 1.54) is 11.3 Å². The number of hydrogen-bond donors (Lipinski definition) is 1. The summed E-state index contributed by atoms with van der Waals surface area (Å²) in [6.45, 7) is 7.60. The van der Waals surface area contributed by atoms with Gasteiger partial charge in [0.2, 0.25) is 5.13 Å². The van der Waals surface area contributed by atoms with Gasteiger partial charge in [0.1, 0.15) is 11.5 Å². The highest BCUT2D eigenvalue weighted by molar-refractivity contribution is 8.01. The van der Waals surface area contributed by atoms with Gasteiger partial charge in [-0.15, -0.1) is 16.8 Å². The zero-order valence-electron chi connectivity index (χ0n) is 12.4. The highest BCUT2D eigenvalue weighted by atomic mass is 32.2. The van der Waals surface area contributed by atoms with Crippen molar-refractivity contribution in [3.8, 4) is 11.5 Å². The van der Waals surface area contributed by atoms with Crippen LogP contribution in [0, 0.1) is 0 Å². The van der Waals surface area contributed by atoms with Gasteiger partial charge in [0.05, 0.1) is 13.2 Å². The van der Waals surface area contributed by atoms with Gasteiger partial charge in [0, 0.05) is 12.3 Å². The number of nitrogens with zero attached hydrogens (tertiary/aromatic N) is 2. The van der Waals surface area contributed by atoms with Crippen LogP contribution in [-0.4, -0.2) is 35.7 Å². The summed E-state index contributed by atoms with van der Waals surface area (Å²) in [6.07, 6.45) is 1.79. The molecule has 0 amide bonds. The van der Waals surface area contributed by atoms with Crippen LogP contribution in [0.15, 0.2) is 41.3 Å². The van der Waals surface area contributed by atoms with Gasteiger partial charge in [-0.2, -0.15) is 0 Å². The first-order valence-electron chi connectivity index (χ1n) is 6.98. The smallest absolute Gasteiger partial charge is 0.206 e. The molecule has 0 atom stereocenters. The molecule has 22 heavy (non-hydrogen) atoms. The summed E-state index contributed by atoms with van der Waals surface area (Å²) in [5.74, 6) is 2.52. The molecule has 0 aliphatic heterocycles. The fourth-order valence-corrected chi connectivity index (χ4v) is 3.23. The van der Waals surface area contributed by atoms with E-state index in [4.69, 9.17) is 9.47 Å². The Balaban J connectivity index is 1.68. The Kier molecular flexibility index (Phi) is 7.05. The molecule has 2 aromatic rings. The number of benzene rings is 1. The van der Waals surface area contributed by atoms with Gasteiger partial charge in [-0.3, -0.25) is 0 Å². The molecule has 0 spiro atoms. The highest BCUT2D eigenvalue weighted by Gasteiger charge is 2.04. The third-order valence-corrected chi connectivity index (χ3v) is 4.49. The minimum absolute atomic E-state index is 0.619. The van der Waals surface area contributed by atoms with Crippen LogP contribution in [-0.2, 0) is 0 Å². The van der Waals surface area contributed by atoms with Gasteiger partial charge >= 0.3 is 0 Å². The van der Waals surface area contributed by atoms with Gasteiger partial charge in [-0.1, -0.05) is 29.2 Å². The second kappa shape index (κ2) is 9.32. The number of hydrogen-bond acceptors (Lipinski definition) is 7. The van der Waals surface area contributed by atoms with Crippen molar-refractivity contribution in [2.75, 3.05) is 30.8 Å². The van der Waals surface area contributed by atoms with Crippen LogP contribution in [0.5, 0.6) is 11.5 Å². The molecule has 0 aliphatic carbocycles. The lowest BCUT2D eigenvalue weighted by Gasteiger charge is -2.06. The monoisotopic (exact) mass is 337 g/mol. The Morgan fingerprint density at radius 3 is 2.64 bits per heavy atom. The summed E-state index contributed by atoms with van der Waals surface area (Å²) in [6, 6.07) is 7.65. The number of thioether (sulfide) groups is 1. The first-order valence-corrected chi connectivity index (χ1v) is 8.78. The van der Waals surface area contributed by atoms with E-state index in [9.17, 15) is 0 Å². The molecule has 0 aliphatic rings. The highest BCUT2D eigenvalue weighted by Crippen LogP contribution is 2.25. The van der Waals surface area contributed by atoms with Gasteiger partial charge in [-0.25, -0.2) is 0 Å². The SMILES string of the molecule is C=CCNc1nnc(SCCOc2ccc(OCC)cc2)s1. The van der Waals surface area contributed by atoms with E-state index >= 15 is 0 Å². The van der Waals surface area contributed by atoms with Crippen LogP contribution in [0.2, 0.25) is 0 Å². The van der Waals surface area contributed by atoms with Crippen LogP contribution < -0.4 is 14.8 Å². The lowest BCUT2D eigenvalue weighted by Crippen LogP contribution is -2.00. The van der Waals surface area contributed by atoms with Crippen LogP contribution in [0.25, 0.3) is 0 Å². The molecule has 1 heterocycles. The molecular weight excluding hydrogens is 318 g/mol. The van der Waals surface area contributed by atoms with E-state index in [0.717, 1.165) is 26.7 Å². The lowest BCUT2D eigenvalue weighted by atomic mass is 10.3. The van der Waals surface area contributed by atoms with Gasteiger partial charge in [0.15, 0.2) is 4.34 Å². The van der Waals surface area contributed by atoms with Crippen LogP contribution >= 0.6 is 23.1 Å². The maximum atomic E-state index is 5.68. The summed E-state index contributed by atoms with van der Waals surface area (Å²) in [4.78, 5) is 0. The molecule has 1 aromatic heterocycles. The van der Waals surface area contributed by atoms with Crippen molar-refractivity contribution >= 4 is 28.2 Å². The van der Waals surface area contributed by atoms with Crippen molar-refractivity contribution in [1.29, 1.82) is 0 Å². The van der Waals surface area contributed by atoms with Crippen molar-refractivity contribution < 1.29 is 9.47 Å². The Labute approximate surface area is 138 Å². The summed E-state index contributed by atoms with van der Waals surface area (Å²) in [7, 11) is 0. The molecule has 5 nitrogen and oxygen atoms in total. The zero-order chi connectivity index (χ0) is 15.6. The molecule has 0 radical (unpaired) electrons. The van der Waals surface area contributed by atoms with E-state index in [2.05, 4.69) is 22.1 Å². The molecule has 0 saturated carbocycles. The Morgan fingerprint density at radius 1 is 1.23 bits per heavy atom. The third kappa shape index (κ3) is 5.57. The molecule has 118 valence electrons. The van der Waals surface area contributed by atoms with Gasteiger partial charge in [-0.05, 0) is 31.2 Å². The minimum Gasteiger partial charge on any atom is -0.494 e. The van der Waals surface area contributed by atoms with Crippen LogP contribution in [0.4, 0.5) is 5.13 Å². The van der Waals surface area contributed by atoms with Crippen molar-refractivity contribution in [2.24, 2.45) is 0 Å². The lowest BCUT2D eigenvalue weighted by molar-refractivity contribution is 0.332. The first kappa shape index (κ1) is 16.6. The second-order valence-corrected chi connectivity index (χ2v) is 6.46. The van der Waals surface area contributed by atoms with E-state index in [1.807, 2.05) is 31.2 Å². The predicted molar refractivity (Wildman–Crippen MR) is 92.4 cm³/mol. The average Bonchev–Trinajstić information content (AvgIpc) is 2.99. The molecule has 2 rings (SSSR count). The molecular formula is C15H19N3O2S2. The Hall–Kier alpha value is -1.73. The molecule has 0 bridgehead atoms. The number of nitrogens with one attached hydrogen (secondary N) is 1. The number of aromatic nitrogens is 2. The zero-order valence-corrected chi connectivity index (χ0v) is 14.1. The molecule has 1 N–H and O–H groups in total. The van der Waals surface area contributed by atoms with Crippen LogP contribution in [0.3, 0.4) is 0 Å². The largest absolute Gasteiger partial charge is 0.494 e. The Bertz CT molecular complexity index is 572. The minimum atomic E-state index is 0.619. The second-order valence-electron chi connectivity index (χ2n) is 4.14. The van der Waals surface area contributed by atoms with Gasteiger partial charge < -0.3 is 14.8 Å². The van der Waals surface area contributed by atoms with Crippen molar-refractivity contribution in [2.45, 2.75) is 11.3 Å². The molecule has 1 aromatic carbocycles. The van der Waals surface area contributed by atoms with Gasteiger partial charge in [0.25, 0.3) is 0 Å². The number of anilines is 1. The molecule has 7 heteroatoms. The van der Waals surface area contributed by atoms with Crippen LogP contribution in [0.1, 0.15) is 6.92 Å². The summed E-state index contributed by atoms with van der Waals surface area (Å²) >= 11 is 3.17. The number of rotatable bonds is 10. The quantitative estimate of drug-likeness (QED) is 0.405. The fourth-order valence-electron chi connectivity index (χ4n) is 1.59. The maximum absolute atomic E-state index is 5.68. The molecule has 0 fully saturated rings. The first-order chi connectivity index (χ1) is 10.8. The van der Waals surface area contributed by atoms with Crippen molar-refractivity contribution in [3.63, 3.8) is 0 Å². The normalized spacial score (nSPS) is 10.2. The van der Waals surface area contributed by atoms with Crippen molar-refractivity contribution in [1.82, 2.24) is 10.2 Å². The summed E-state index contributed by atoms with van der Waals surface area (Å²) in [5, 5.41) is 12.1. The van der Waals surface area contributed by atoms with E-state index in [-0.39, 0.29) is 0 Å². The third-order valence-electron chi connectivity index (χ3n) is 2.52. The summed E-state index contributed by atoms with van der Waals surface area (Å²) < 4.78 is 12.0. The molecule has 0 saturated heterocycles. The average molecular weight is 337 g/mol. The van der Waals surface area contributed by atoms with E-state index < -0.39 is 0 Å². The fraction of sp³-hybridized carbons (Fsp3) is 0.333. The number of ether oxygens (including phenoxy) is 2. The molecule has 0 unspecified atom stereocenters. The topological polar surface area (TPSA) is 56.3 Å². The maximum Gasteiger partial charge on any atom is 0.206 e. The predicted octanol–water partition coefficient (Wildman–Crippen LogP) is 3.71. The van der Waals surface area contributed by atoms with E-state index in [0.29, 0.717) is 19.8 Å². The Morgan fingerprint density at radius 2 is 1.95 bits per heavy atom. The summed E-state index contributed by atoms with van der Waals surface area (Å²) in [5.41, 5.74) is 0. The standard InChI is InChI=1S/C15H19N3O2S2/c1-3-9-16-14-17-18-15(22-14)21-11-10-20-13-7-5-12(6-8-13)19-4-2/h3,5-8H,1,4,9-11H2,2H3,(H,16,17). The van der Waals surface area contributed by atoms with E-state index in [1.54, 1.807) is 17.8 Å².